The van der Waals surface area contributed by atoms with Crippen molar-refractivity contribution in [1.29, 1.82) is 0 Å². The Bertz CT molecular complexity index is 658. The second kappa shape index (κ2) is 7.90. The molecule has 3 unspecified atom stereocenters. The Morgan fingerprint density at radius 2 is 2.23 bits per heavy atom. The highest BCUT2D eigenvalue weighted by molar-refractivity contribution is 5.91. The van der Waals surface area contributed by atoms with Crippen LogP contribution in [0.1, 0.15) is 43.7 Å². The molecule has 2 aliphatic rings. The van der Waals surface area contributed by atoms with Crippen LogP contribution in [0.2, 0.25) is 0 Å². The number of hydrogen-bond donors (Lipinski definition) is 3. The van der Waals surface area contributed by atoms with Crippen LogP contribution in [0, 0.1) is 0 Å². The number of hydrogen-bond acceptors (Lipinski definition) is 5. The second-order valence-electron chi connectivity index (χ2n) is 7.26. The molecule has 1 aromatic rings. The van der Waals surface area contributed by atoms with Gasteiger partial charge in [0, 0.05) is 37.6 Å². The van der Waals surface area contributed by atoms with Crippen LogP contribution >= 0.6 is 0 Å². The Balaban J connectivity index is 1.57. The fourth-order valence-electron chi connectivity index (χ4n) is 3.70. The van der Waals surface area contributed by atoms with Crippen LogP contribution in [0.15, 0.2) is 22.8 Å². The Kier molecular flexibility index (Phi) is 5.61. The first-order valence-corrected chi connectivity index (χ1v) is 9.11. The van der Waals surface area contributed by atoms with Gasteiger partial charge in [-0.15, -0.1) is 0 Å². The molecule has 0 aromatic carbocycles. The Hall–Kier alpha value is -2.35. The minimum absolute atomic E-state index is 0.0115. The molecule has 3 atom stereocenters. The van der Waals surface area contributed by atoms with Crippen molar-refractivity contribution < 1.29 is 18.8 Å². The lowest BCUT2D eigenvalue weighted by Gasteiger charge is -2.37. The van der Waals surface area contributed by atoms with Crippen molar-refractivity contribution >= 4 is 17.7 Å². The number of nitrogens with one attached hydrogen (secondary N) is 3. The van der Waals surface area contributed by atoms with Crippen molar-refractivity contribution in [2.24, 2.45) is 0 Å². The van der Waals surface area contributed by atoms with E-state index < -0.39 is 0 Å². The lowest BCUT2D eigenvalue weighted by molar-refractivity contribution is -0.129. The molecule has 3 amide bonds. The van der Waals surface area contributed by atoms with Crippen LogP contribution in [0.25, 0.3) is 0 Å². The third kappa shape index (κ3) is 4.24. The summed E-state index contributed by atoms with van der Waals surface area (Å²) in [6, 6.07) is 3.12. The van der Waals surface area contributed by atoms with Crippen molar-refractivity contribution in [2.45, 2.75) is 57.3 Å². The van der Waals surface area contributed by atoms with E-state index in [1.807, 2.05) is 13.8 Å². The highest BCUT2D eigenvalue weighted by Crippen LogP contribution is 2.26. The summed E-state index contributed by atoms with van der Waals surface area (Å²) < 4.78 is 5.11. The molecule has 1 aromatic heterocycles. The molecule has 2 fully saturated rings. The fraction of sp³-hybridized carbons (Fsp3) is 0.611. The van der Waals surface area contributed by atoms with Gasteiger partial charge in [-0.2, -0.15) is 0 Å². The number of amides is 3. The molecule has 8 heteroatoms. The van der Waals surface area contributed by atoms with Gasteiger partial charge in [0.05, 0.1) is 12.3 Å². The summed E-state index contributed by atoms with van der Waals surface area (Å²) in [6.07, 6.45) is 3.12. The monoisotopic (exact) mass is 362 g/mol. The summed E-state index contributed by atoms with van der Waals surface area (Å²) >= 11 is 0. The molecule has 3 N–H and O–H groups in total. The predicted octanol–water partition coefficient (Wildman–Crippen LogP) is 0.256. The summed E-state index contributed by atoms with van der Waals surface area (Å²) in [4.78, 5) is 38.4. The molecule has 3 rings (SSSR count). The molecule has 2 saturated heterocycles. The number of piperazine rings is 1. The molecule has 0 saturated carbocycles. The maximum Gasteiger partial charge on any atom is 0.287 e. The maximum absolute atomic E-state index is 12.2. The first kappa shape index (κ1) is 18.4. The van der Waals surface area contributed by atoms with E-state index in [0.717, 1.165) is 0 Å². The number of nitrogens with zero attached hydrogens (tertiary/aromatic N) is 1. The minimum Gasteiger partial charge on any atom is -0.459 e. The summed E-state index contributed by atoms with van der Waals surface area (Å²) in [5, 5.41) is 8.75. The quantitative estimate of drug-likeness (QED) is 0.673. The number of rotatable bonds is 6. The van der Waals surface area contributed by atoms with Crippen molar-refractivity contribution in [3.8, 4) is 0 Å². The molecule has 0 spiro atoms. The predicted molar refractivity (Wildman–Crippen MR) is 94.4 cm³/mol. The van der Waals surface area contributed by atoms with E-state index in [4.69, 9.17) is 4.42 Å². The average Bonchev–Trinajstić information content (AvgIpc) is 3.23. The molecular weight excluding hydrogens is 336 g/mol. The molecule has 2 aliphatic heterocycles. The average molecular weight is 362 g/mol. The van der Waals surface area contributed by atoms with E-state index in [2.05, 4.69) is 20.9 Å². The van der Waals surface area contributed by atoms with Crippen LogP contribution < -0.4 is 16.0 Å². The van der Waals surface area contributed by atoms with Gasteiger partial charge in [0.1, 0.15) is 0 Å². The molecule has 0 bridgehead atoms. The number of carbonyl (C=O) groups is 3. The standard InChI is InChI=1S/C18H26N4O4/c1-11(2)20-16(23)6-5-13-9-19-17(24)14-8-12(10-22(13)14)21-18(25)15-4-3-7-26-15/h3-4,7,11-14H,5-6,8-10H2,1-2H3,(H,19,24)(H,20,23)(H,21,25). The SMILES string of the molecule is CC(C)NC(=O)CCC1CNC(=O)C2CC(NC(=O)c3ccco3)CN12. The van der Waals surface area contributed by atoms with Crippen LogP contribution in [0.3, 0.4) is 0 Å². The zero-order valence-electron chi connectivity index (χ0n) is 15.2. The van der Waals surface area contributed by atoms with E-state index in [0.29, 0.717) is 32.4 Å². The second-order valence-corrected chi connectivity index (χ2v) is 7.26. The van der Waals surface area contributed by atoms with Crippen molar-refractivity contribution in [1.82, 2.24) is 20.9 Å². The van der Waals surface area contributed by atoms with Crippen LogP contribution in [0.4, 0.5) is 0 Å². The molecule has 3 heterocycles. The Labute approximate surface area is 152 Å². The van der Waals surface area contributed by atoms with Crippen molar-refractivity contribution in [3.05, 3.63) is 24.2 Å². The normalized spacial score (nSPS) is 25.7. The molecule has 0 aliphatic carbocycles. The van der Waals surface area contributed by atoms with Crippen molar-refractivity contribution in [3.63, 3.8) is 0 Å². The Morgan fingerprint density at radius 1 is 1.42 bits per heavy atom. The number of fused-ring (bicyclic) bond motifs is 1. The lowest BCUT2D eigenvalue weighted by Crippen LogP contribution is -2.58. The van der Waals surface area contributed by atoms with E-state index in [1.54, 1.807) is 12.1 Å². The number of carbonyl (C=O) groups excluding carboxylic acids is 3. The summed E-state index contributed by atoms with van der Waals surface area (Å²) in [5.41, 5.74) is 0. The fourth-order valence-corrected chi connectivity index (χ4v) is 3.70. The van der Waals surface area contributed by atoms with Crippen LogP contribution in [0.5, 0.6) is 0 Å². The van der Waals surface area contributed by atoms with Gasteiger partial charge in [-0.25, -0.2) is 0 Å². The van der Waals surface area contributed by atoms with Gasteiger partial charge in [-0.05, 0) is 38.8 Å². The summed E-state index contributed by atoms with van der Waals surface area (Å²) in [6.45, 7) is 4.99. The van der Waals surface area contributed by atoms with Crippen LogP contribution in [-0.2, 0) is 9.59 Å². The van der Waals surface area contributed by atoms with Gasteiger partial charge in [0.25, 0.3) is 5.91 Å². The Morgan fingerprint density at radius 3 is 2.92 bits per heavy atom. The highest BCUT2D eigenvalue weighted by atomic mass is 16.3. The van der Waals surface area contributed by atoms with Gasteiger partial charge in [-0.3, -0.25) is 19.3 Å². The third-order valence-corrected chi connectivity index (χ3v) is 4.86. The summed E-state index contributed by atoms with van der Waals surface area (Å²) in [7, 11) is 0. The molecule has 26 heavy (non-hydrogen) atoms. The molecular formula is C18H26N4O4. The zero-order chi connectivity index (χ0) is 18.7. The van der Waals surface area contributed by atoms with E-state index in [9.17, 15) is 14.4 Å². The van der Waals surface area contributed by atoms with E-state index in [-0.39, 0.29) is 47.6 Å². The van der Waals surface area contributed by atoms with Gasteiger partial charge in [-0.1, -0.05) is 0 Å². The lowest BCUT2D eigenvalue weighted by atomic mass is 10.0. The zero-order valence-corrected chi connectivity index (χ0v) is 15.2. The summed E-state index contributed by atoms with van der Waals surface area (Å²) in [5.74, 6) is 0.00675. The van der Waals surface area contributed by atoms with Crippen LogP contribution in [-0.4, -0.2) is 59.9 Å². The molecule has 8 nitrogen and oxygen atoms in total. The van der Waals surface area contributed by atoms with Gasteiger partial charge in [0.2, 0.25) is 11.8 Å². The van der Waals surface area contributed by atoms with E-state index >= 15 is 0 Å². The molecule has 0 radical (unpaired) electrons. The first-order chi connectivity index (χ1) is 12.4. The highest BCUT2D eigenvalue weighted by Gasteiger charge is 2.43. The number of furan rings is 1. The molecule has 142 valence electrons. The van der Waals surface area contributed by atoms with Gasteiger partial charge >= 0.3 is 0 Å². The minimum atomic E-state index is -0.270. The smallest absolute Gasteiger partial charge is 0.287 e. The van der Waals surface area contributed by atoms with Crippen molar-refractivity contribution in [2.75, 3.05) is 13.1 Å². The maximum atomic E-state index is 12.2. The topological polar surface area (TPSA) is 104 Å². The van der Waals surface area contributed by atoms with Gasteiger partial charge in [0.15, 0.2) is 5.76 Å². The van der Waals surface area contributed by atoms with Gasteiger partial charge < -0.3 is 20.4 Å². The van der Waals surface area contributed by atoms with E-state index in [1.165, 1.54) is 6.26 Å². The largest absolute Gasteiger partial charge is 0.459 e. The first-order valence-electron chi connectivity index (χ1n) is 9.11. The third-order valence-electron chi connectivity index (χ3n) is 4.86.